The van der Waals surface area contributed by atoms with Crippen molar-refractivity contribution in [2.45, 2.75) is 13.2 Å². The SMILES string of the molecule is NC(=O)C1CN(Cc2ccc(OCc3cccc(F)c3)cc2F)C1. The first-order chi connectivity index (χ1) is 11.5. The van der Waals surface area contributed by atoms with Gasteiger partial charge < -0.3 is 10.5 Å². The smallest absolute Gasteiger partial charge is 0.223 e. The van der Waals surface area contributed by atoms with Crippen LogP contribution in [0.3, 0.4) is 0 Å². The first-order valence-corrected chi connectivity index (χ1v) is 7.68. The summed E-state index contributed by atoms with van der Waals surface area (Å²) in [5, 5.41) is 0. The Morgan fingerprint density at radius 3 is 2.67 bits per heavy atom. The Morgan fingerprint density at radius 1 is 1.21 bits per heavy atom. The van der Waals surface area contributed by atoms with Gasteiger partial charge >= 0.3 is 0 Å². The Balaban J connectivity index is 1.56. The lowest BCUT2D eigenvalue weighted by Gasteiger charge is -2.37. The fraction of sp³-hybridized carbons (Fsp3) is 0.278. The molecule has 4 nitrogen and oxygen atoms in total. The summed E-state index contributed by atoms with van der Waals surface area (Å²) in [5.74, 6) is -0.760. The maximum absolute atomic E-state index is 14.2. The van der Waals surface area contributed by atoms with E-state index in [9.17, 15) is 13.6 Å². The first kappa shape index (κ1) is 16.4. The van der Waals surface area contributed by atoms with Crippen LogP contribution < -0.4 is 10.5 Å². The van der Waals surface area contributed by atoms with Gasteiger partial charge in [0.1, 0.15) is 24.0 Å². The van der Waals surface area contributed by atoms with E-state index in [1.54, 1.807) is 24.3 Å². The molecule has 3 rings (SSSR count). The summed E-state index contributed by atoms with van der Waals surface area (Å²) < 4.78 is 32.8. The Bertz CT molecular complexity index is 746. The number of carbonyl (C=O) groups is 1. The molecule has 24 heavy (non-hydrogen) atoms. The van der Waals surface area contributed by atoms with Crippen LogP contribution in [0.25, 0.3) is 0 Å². The monoisotopic (exact) mass is 332 g/mol. The number of amides is 1. The average molecular weight is 332 g/mol. The molecule has 1 heterocycles. The lowest BCUT2D eigenvalue weighted by Crippen LogP contribution is -2.51. The van der Waals surface area contributed by atoms with E-state index in [1.165, 1.54) is 18.2 Å². The van der Waals surface area contributed by atoms with Crippen molar-refractivity contribution in [1.29, 1.82) is 0 Å². The Morgan fingerprint density at radius 2 is 2.00 bits per heavy atom. The van der Waals surface area contributed by atoms with Crippen LogP contribution in [-0.4, -0.2) is 23.9 Å². The Labute approximate surface area is 138 Å². The Hall–Kier alpha value is -2.47. The second kappa shape index (κ2) is 6.97. The van der Waals surface area contributed by atoms with Gasteiger partial charge in [-0.25, -0.2) is 8.78 Å². The molecule has 1 amide bonds. The van der Waals surface area contributed by atoms with Crippen LogP contribution in [0.1, 0.15) is 11.1 Å². The fourth-order valence-electron chi connectivity index (χ4n) is 2.66. The van der Waals surface area contributed by atoms with Crippen molar-refractivity contribution in [1.82, 2.24) is 4.90 Å². The predicted molar refractivity (Wildman–Crippen MR) is 85.1 cm³/mol. The van der Waals surface area contributed by atoms with Gasteiger partial charge in [0.15, 0.2) is 0 Å². The van der Waals surface area contributed by atoms with E-state index in [2.05, 4.69) is 0 Å². The Kier molecular flexibility index (Phi) is 4.76. The van der Waals surface area contributed by atoms with Gasteiger partial charge in [0.05, 0.1) is 5.92 Å². The normalized spacial score (nSPS) is 15.1. The third-order valence-corrected chi connectivity index (χ3v) is 4.07. The summed E-state index contributed by atoms with van der Waals surface area (Å²) in [6, 6.07) is 10.7. The highest BCUT2D eigenvalue weighted by Crippen LogP contribution is 2.23. The van der Waals surface area contributed by atoms with E-state index in [0.29, 0.717) is 36.5 Å². The number of carbonyl (C=O) groups excluding carboxylic acids is 1. The number of hydrogen-bond acceptors (Lipinski definition) is 3. The molecule has 1 aliphatic heterocycles. The van der Waals surface area contributed by atoms with Crippen molar-refractivity contribution in [2.24, 2.45) is 11.7 Å². The van der Waals surface area contributed by atoms with Gasteiger partial charge in [-0.15, -0.1) is 0 Å². The van der Waals surface area contributed by atoms with Crippen LogP contribution in [0.2, 0.25) is 0 Å². The van der Waals surface area contributed by atoms with Crippen molar-refractivity contribution in [3.05, 3.63) is 65.2 Å². The summed E-state index contributed by atoms with van der Waals surface area (Å²) in [6.45, 7) is 1.72. The standard InChI is InChI=1S/C18H18F2N2O2/c19-15-3-1-2-12(6-15)11-24-16-5-4-13(17(20)7-16)8-22-9-14(10-22)18(21)23/h1-7,14H,8-11H2,(H2,21,23). The van der Waals surface area contributed by atoms with Crippen LogP contribution in [0, 0.1) is 17.6 Å². The number of likely N-dealkylation sites (tertiary alicyclic amines) is 1. The molecule has 0 unspecified atom stereocenters. The number of hydrogen-bond donors (Lipinski definition) is 1. The van der Waals surface area contributed by atoms with Gasteiger partial charge in [-0.2, -0.15) is 0 Å². The molecule has 126 valence electrons. The number of nitrogens with zero attached hydrogens (tertiary/aromatic N) is 1. The molecule has 1 saturated heterocycles. The van der Waals surface area contributed by atoms with Crippen LogP contribution in [0.15, 0.2) is 42.5 Å². The lowest BCUT2D eigenvalue weighted by atomic mass is 9.98. The maximum Gasteiger partial charge on any atom is 0.223 e. The van der Waals surface area contributed by atoms with E-state index >= 15 is 0 Å². The number of rotatable bonds is 6. The summed E-state index contributed by atoms with van der Waals surface area (Å²) >= 11 is 0. The van der Waals surface area contributed by atoms with Crippen molar-refractivity contribution in [3.8, 4) is 5.75 Å². The number of ether oxygens (including phenoxy) is 1. The number of halogens is 2. The van der Waals surface area contributed by atoms with E-state index in [4.69, 9.17) is 10.5 Å². The van der Waals surface area contributed by atoms with Crippen molar-refractivity contribution >= 4 is 5.91 Å². The van der Waals surface area contributed by atoms with E-state index in [0.717, 1.165) is 0 Å². The third kappa shape index (κ3) is 3.89. The highest BCUT2D eigenvalue weighted by molar-refractivity contribution is 5.78. The summed E-state index contributed by atoms with van der Waals surface area (Å²) in [6.07, 6.45) is 0. The van der Waals surface area contributed by atoms with E-state index < -0.39 is 0 Å². The molecule has 6 heteroatoms. The highest BCUT2D eigenvalue weighted by atomic mass is 19.1. The molecule has 0 bridgehead atoms. The fourth-order valence-corrected chi connectivity index (χ4v) is 2.66. The van der Waals surface area contributed by atoms with Gasteiger partial charge in [0.25, 0.3) is 0 Å². The van der Waals surface area contributed by atoms with Crippen LogP contribution in [0.5, 0.6) is 5.75 Å². The minimum Gasteiger partial charge on any atom is -0.489 e. The molecule has 1 fully saturated rings. The quantitative estimate of drug-likeness (QED) is 0.884. The van der Waals surface area contributed by atoms with Gasteiger partial charge in [-0.05, 0) is 23.8 Å². The maximum atomic E-state index is 14.2. The van der Waals surface area contributed by atoms with Crippen molar-refractivity contribution in [2.75, 3.05) is 13.1 Å². The molecule has 2 aromatic carbocycles. The largest absolute Gasteiger partial charge is 0.489 e. The van der Waals surface area contributed by atoms with Crippen molar-refractivity contribution < 1.29 is 18.3 Å². The van der Waals surface area contributed by atoms with Gasteiger partial charge in [-0.1, -0.05) is 18.2 Å². The van der Waals surface area contributed by atoms with Crippen LogP contribution in [-0.2, 0) is 17.9 Å². The molecule has 0 saturated carbocycles. The van der Waals surface area contributed by atoms with Gasteiger partial charge in [0, 0.05) is 31.3 Å². The van der Waals surface area contributed by atoms with Crippen LogP contribution in [0.4, 0.5) is 8.78 Å². The third-order valence-electron chi connectivity index (χ3n) is 4.07. The molecule has 2 aromatic rings. The molecule has 1 aliphatic rings. The minimum absolute atomic E-state index is 0.137. The van der Waals surface area contributed by atoms with E-state index in [-0.39, 0.29) is 30.1 Å². The molecule has 0 aromatic heterocycles. The summed E-state index contributed by atoms with van der Waals surface area (Å²) in [5.41, 5.74) is 6.43. The van der Waals surface area contributed by atoms with E-state index in [1.807, 2.05) is 4.90 Å². The molecule has 0 radical (unpaired) electrons. The molecule has 0 atom stereocenters. The predicted octanol–water partition coefficient (Wildman–Crippen LogP) is 2.46. The summed E-state index contributed by atoms with van der Waals surface area (Å²) in [7, 11) is 0. The average Bonchev–Trinajstić information content (AvgIpc) is 2.49. The first-order valence-electron chi connectivity index (χ1n) is 7.68. The zero-order valence-corrected chi connectivity index (χ0v) is 13.0. The second-order valence-electron chi connectivity index (χ2n) is 5.97. The lowest BCUT2D eigenvalue weighted by molar-refractivity contribution is -0.127. The number of benzene rings is 2. The zero-order chi connectivity index (χ0) is 17.1. The number of primary amides is 1. The van der Waals surface area contributed by atoms with Gasteiger partial charge in [-0.3, -0.25) is 9.69 Å². The molecular formula is C18H18F2N2O2. The topological polar surface area (TPSA) is 55.6 Å². The molecule has 0 aliphatic carbocycles. The zero-order valence-electron chi connectivity index (χ0n) is 13.0. The molecule has 2 N–H and O–H groups in total. The summed E-state index contributed by atoms with van der Waals surface area (Å²) in [4.78, 5) is 12.9. The minimum atomic E-state index is -0.366. The molecule has 0 spiro atoms. The number of nitrogens with two attached hydrogens (primary N) is 1. The highest BCUT2D eigenvalue weighted by Gasteiger charge is 2.31. The second-order valence-corrected chi connectivity index (χ2v) is 5.97. The van der Waals surface area contributed by atoms with Gasteiger partial charge in [0.2, 0.25) is 5.91 Å². The van der Waals surface area contributed by atoms with Crippen LogP contribution >= 0.6 is 0 Å². The molecular weight excluding hydrogens is 314 g/mol. The van der Waals surface area contributed by atoms with Crippen molar-refractivity contribution in [3.63, 3.8) is 0 Å².